The van der Waals surface area contributed by atoms with E-state index in [1.165, 1.54) is 0 Å². The van der Waals surface area contributed by atoms with Crippen molar-refractivity contribution in [3.8, 4) is 0 Å². The van der Waals surface area contributed by atoms with E-state index in [9.17, 15) is 0 Å². The highest BCUT2D eigenvalue weighted by Gasteiger charge is 1.94. The van der Waals surface area contributed by atoms with Crippen LogP contribution in [0.5, 0.6) is 0 Å². The van der Waals surface area contributed by atoms with Crippen LogP contribution in [0.25, 0.3) is 0 Å². The number of hydrogen-bond donors (Lipinski definition) is 3. The van der Waals surface area contributed by atoms with Crippen LogP contribution in [-0.4, -0.2) is 32.1 Å². The van der Waals surface area contributed by atoms with Gasteiger partial charge in [0, 0.05) is 6.17 Å². The Hall–Kier alpha value is 0.0969. The summed E-state index contributed by atoms with van der Waals surface area (Å²) in [6, 6.07) is 0. The largest absolute Gasteiger partial charge is 0.412 e. The van der Waals surface area contributed by atoms with Crippen molar-refractivity contribution in [2.24, 2.45) is 0 Å². The third-order valence-electron chi connectivity index (χ3n) is 0.387. The Morgan fingerprint density at radius 2 is 2.17 bits per heavy atom. The fraction of sp³-hybridized carbons (Fsp3) is 1.00. The normalized spacial score (nSPS) is 10.0. The lowest BCUT2D eigenvalue weighted by Gasteiger charge is -1.93. The van der Waals surface area contributed by atoms with Crippen molar-refractivity contribution < 1.29 is 9.59 Å². The maximum absolute atomic E-state index is 8.18. The summed E-state index contributed by atoms with van der Waals surface area (Å²) < 4.78 is 0. The van der Waals surface area contributed by atoms with E-state index in [1.807, 2.05) is 0 Å². The lowest BCUT2D eigenvalue weighted by atomic mass is 11.3. The van der Waals surface area contributed by atoms with Crippen molar-refractivity contribution in [2.75, 3.05) is 13.2 Å². The van der Waals surface area contributed by atoms with Gasteiger partial charge < -0.3 is 14.9 Å². The van der Waals surface area contributed by atoms with E-state index in [0.29, 0.717) is 6.17 Å². The van der Waals surface area contributed by atoms with Gasteiger partial charge in [0.2, 0.25) is 0 Å². The molecule has 0 aliphatic rings. The Morgan fingerprint density at radius 1 is 1.67 bits per heavy atom. The van der Waals surface area contributed by atoms with Gasteiger partial charge in [0.1, 0.15) is 0 Å². The van der Waals surface area contributed by atoms with E-state index in [2.05, 4.69) is 5.32 Å². The second-order valence-electron chi connectivity index (χ2n) is 1.04. The first-order valence-corrected chi connectivity index (χ1v) is 3.63. The summed E-state index contributed by atoms with van der Waals surface area (Å²) in [6.07, 6.45) is 0.375. The number of rotatable bonds is 2. The standard InChI is InChI=1S/C2H9NO2Si/c1-3-2-6(4)5/h3-6H,2H2,1H3. The van der Waals surface area contributed by atoms with Crippen molar-refractivity contribution in [1.82, 2.24) is 5.32 Å². The molecule has 6 heavy (non-hydrogen) atoms. The number of nitrogens with one attached hydrogen (secondary N) is 1. The van der Waals surface area contributed by atoms with Gasteiger partial charge in [-0.3, -0.25) is 0 Å². The second kappa shape index (κ2) is 3.29. The third kappa shape index (κ3) is 4.10. The van der Waals surface area contributed by atoms with Crippen LogP contribution in [-0.2, 0) is 0 Å². The maximum Gasteiger partial charge on any atom is 0.330 e. The highest BCUT2D eigenvalue weighted by atomic mass is 28.3. The van der Waals surface area contributed by atoms with Gasteiger partial charge in [-0.25, -0.2) is 0 Å². The van der Waals surface area contributed by atoms with E-state index >= 15 is 0 Å². The highest BCUT2D eigenvalue weighted by molar-refractivity contribution is 6.41. The molecule has 0 saturated carbocycles. The van der Waals surface area contributed by atoms with Crippen molar-refractivity contribution in [1.29, 1.82) is 0 Å². The minimum Gasteiger partial charge on any atom is -0.412 e. The summed E-state index contributed by atoms with van der Waals surface area (Å²) in [5.41, 5.74) is 0. The van der Waals surface area contributed by atoms with Crippen LogP contribution in [0.2, 0.25) is 0 Å². The molecule has 0 amide bonds. The van der Waals surface area contributed by atoms with Crippen LogP contribution in [0.15, 0.2) is 0 Å². The minimum atomic E-state index is -2.28. The van der Waals surface area contributed by atoms with Gasteiger partial charge >= 0.3 is 9.28 Å². The molecule has 0 aromatic rings. The first kappa shape index (κ1) is 6.10. The molecular weight excluding hydrogens is 98.1 g/mol. The molecule has 3 nitrogen and oxygen atoms in total. The molecule has 0 aliphatic heterocycles. The molecule has 0 radical (unpaired) electrons. The summed E-state index contributed by atoms with van der Waals surface area (Å²) in [5, 5.41) is 2.63. The maximum atomic E-state index is 8.18. The lowest BCUT2D eigenvalue weighted by Crippen LogP contribution is -2.27. The Labute approximate surface area is 38.5 Å². The Morgan fingerprint density at radius 3 is 2.17 bits per heavy atom. The predicted molar refractivity (Wildman–Crippen MR) is 25.5 cm³/mol. The first-order valence-electron chi connectivity index (χ1n) is 1.78. The van der Waals surface area contributed by atoms with Gasteiger partial charge in [-0.1, -0.05) is 0 Å². The van der Waals surface area contributed by atoms with Crippen LogP contribution in [0.4, 0.5) is 0 Å². The van der Waals surface area contributed by atoms with Crippen LogP contribution in [0.3, 0.4) is 0 Å². The fourth-order valence-corrected chi connectivity index (χ4v) is 0.548. The zero-order valence-corrected chi connectivity index (χ0v) is 4.83. The number of hydrogen-bond acceptors (Lipinski definition) is 3. The van der Waals surface area contributed by atoms with Gasteiger partial charge in [0.05, 0.1) is 0 Å². The van der Waals surface area contributed by atoms with Gasteiger partial charge in [0.25, 0.3) is 0 Å². The molecule has 0 atom stereocenters. The quantitative estimate of drug-likeness (QED) is 0.356. The highest BCUT2D eigenvalue weighted by Crippen LogP contribution is 1.56. The van der Waals surface area contributed by atoms with Crippen molar-refractivity contribution in [2.45, 2.75) is 0 Å². The minimum absolute atomic E-state index is 0.375. The molecule has 0 spiro atoms. The fourth-order valence-electron chi connectivity index (χ4n) is 0.183. The lowest BCUT2D eigenvalue weighted by molar-refractivity contribution is 0.402. The molecule has 0 aromatic heterocycles. The monoisotopic (exact) mass is 107 g/mol. The van der Waals surface area contributed by atoms with Gasteiger partial charge in [-0.2, -0.15) is 0 Å². The molecule has 0 aromatic carbocycles. The van der Waals surface area contributed by atoms with E-state index in [0.717, 1.165) is 0 Å². The molecule has 3 N–H and O–H groups in total. The van der Waals surface area contributed by atoms with Gasteiger partial charge in [0.15, 0.2) is 0 Å². The molecule has 0 rings (SSSR count). The Kier molecular flexibility index (Phi) is 3.35. The Balaban J connectivity index is 2.63. The topological polar surface area (TPSA) is 52.5 Å². The van der Waals surface area contributed by atoms with Crippen LogP contribution in [0, 0.1) is 0 Å². The summed E-state index contributed by atoms with van der Waals surface area (Å²) >= 11 is 0. The molecule has 0 bridgehead atoms. The molecular formula is C2H9NO2Si. The van der Waals surface area contributed by atoms with Crippen LogP contribution < -0.4 is 5.32 Å². The smallest absolute Gasteiger partial charge is 0.330 e. The zero-order valence-electron chi connectivity index (χ0n) is 3.68. The van der Waals surface area contributed by atoms with E-state index in [-0.39, 0.29) is 0 Å². The van der Waals surface area contributed by atoms with Crippen LogP contribution in [0.1, 0.15) is 0 Å². The summed E-state index contributed by atoms with van der Waals surface area (Å²) in [7, 11) is -0.595. The van der Waals surface area contributed by atoms with Crippen LogP contribution >= 0.6 is 0 Å². The first-order chi connectivity index (χ1) is 2.77. The molecule has 0 aliphatic carbocycles. The molecule has 38 valence electrons. The van der Waals surface area contributed by atoms with Gasteiger partial charge in [-0.05, 0) is 7.05 Å². The van der Waals surface area contributed by atoms with Crippen molar-refractivity contribution in [3.63, 3.8) is 0 Å². The molecule has 0 fully saturated rings. The predicted octanol–water partition coefficient (Wildman–Crippen LogP) is -2.05. The van der Waals surface area contributed by atoms with Crippen molar-refractivity contribution >= 4 is 9.28 Å². The van der Waals surface area contributed by atoms with E-state index in [1.54, 1.807) is 7.05 Å². The third-order valence-corrected chi connectivity index (χ3v) is 1.16. The van der Waals surface area contributed by atoms with E-state index < -0.39 is 9.28 Å². The average molecular weight is 107 g/mol. The van der Waals surface area contributed by atoms with Crippen molar-refractivity contribution in [3.05, 3.63) is 0 Å². The SMILES string of the molecule is CNC[SiH](O)O. The molecule has 0 heterocycles. The summed E-state index contributed by atoms with van der Waals surface area (Å²) in [6.45, 7) is 0. The molecule has 0 unspecified atom stereocenters. The average Bonchev–Trinajstić information content (AvgIpc) is 1.35. The van der Waals surface area contributed by atoms with E-state index in [4.69, 9.17) is 9.59 Å². The zero-order chi connectivity index (χ0) is 4.99. The Bertz CT molecular complexity index is 32.7. The second-order valence-corrected chi connectivity index (χ2v) is 2.41. The summed E-state index contributed by atoms with van der Waals surface area (Å²) in [4.78, 5) is 16.4. The molecule has 4 heteroatoms. The summed E-state index contributed by atoms with van der Waals surface area (Å²) in [5.74, 6) is 0. The van der Waals surface area contributed by atoms with Gasteiger partial charge in [-0.15, -0.1) is 0 Å². The molecule has 0 saturated heterocycles.